The Kier molecular flexibility index (Phi) is 21.2. The van der Waals surface area contributed by atoms with Gasteiger partial charge >= 0.3 is 11.9 Å². The van der Waals surface area contributed by atoms with Crippen molar-refractivity contribution < 1.29 is 53.2 Å². The molecule has 60 heavy (non-hydrogen) atoms. The Morgan fingerprint density at radius 3 is 2.00 bits per heavy atom. The van der Waals surface area contributed by atoms with E-state index in [0.29, 0.717) is 25.8 Å². The van der Waals surface area contributed by atoms with Gasteiger partial charge in [-0.2, -0.15) is 0 Å². The highest BCUT2D eigenvalue weighted by molar-refractivity contribution is 5.92. The Morgan fingerprint density at radius 2 is 1.48 bits per heavy atom. The third-order valence-corrected chi connectivity index (χ3v) is 11.9. The van der Waals surface area contributed by atoms with Crippen LogP contribution in [-0.4, -0.2) is 144 Å². The normalized spacial score (nSPS) is 18.1. The van der Waals surface area contributed by atoms with Crippen molar-refractivity contribution in [3.8, 4) is 0 Å². The van der Waals surface area contributed by atoms with Gasteiger partial charge < -0.3 is 45.0 Å². The van der Waals surface area contributed by atoms with Gasteiger partial charge in [-0.25, -0.2) is 4.79 Å². The third-order valence-electron chi connectivity index (χ3n) is 11.9. The van der Waals surface area contributed by atoms with Crippen molar-refractivity contribution in [2.24, 2.45) is 23.7 Å². The smallest absolute Gasteiger partial charge is 0.326 e. The van der Waals surface area contributed by atoms with Crippen LogP contribution in [0.15, 0.2) is 30.3 Å². The highest BCUT2D eigenvalue weighted by atomic mass is 16.5. The van der Waals surface area contributed by atoms with Crippen molar-refractivity contribution in [2.75, 3.05) is 34.9 Å². The van der Waals surface area contributed by atoms with Crippen LogP contribution in [0, 0.1) is 23.7 Å². The third kappa shape index (κ3) is 14.3. The molecule has 1 aromatic carbocycles. The van der Waals surface area contributed by atoms with Crippen LogP contribution in [-0.2, 0) is 49.5 Å². The maximum atomic E-state index is 14.4. The van der Waals surface area contributed by atoms with E-state index in [1.54, 1.807) is 61.9 Å². The van der Waals surface area contributed by atoms with E-state index in [4.69, 9.17) is 14.6 Å². The molecule has 0 spiro atoms. The van der Waals surface area contributed by atoms with Crippen molar-refractivity contribution >= 4 is 41.5 Å². The van der Waals surface area contributed by atoms with Crippen LogP contribution in [0.4, 0.5) is 0 Å². The van der Waals surface area contributed by atoms with E-state index in [-0.39, 0.29) is 67.6 Å². The zero-order valence-corrected chi connectivity index (χ0v) is 37.5. The van der Waals surface area contributed by atoms with E-state index >= 15 is 0 Å². The summed E-state index contributed by atoms with van der Waals surface area (Å²) in [5, 5.41) is 24.5. The van der Waals surface area contributed by atoms with E-state index in [2.05, 4.69) is 10.6 Å². The maximum absolute atomic E-state index is 14.4. The Labute approximate surface area is 356 Å². The van der Waals surface area contributed by atoms with E-state index < -0.39 is 72.1 Å². The monoisotopic (exact) mass is 846 g/mol. The molecule has 0 radical (unpaired) electrons. The summed E-state index contributed by atoms with van der Waals surface area (Å²) in [5.41, 5.74) is 0.762. The lowest BCUT2D eigenvalue weighted by atomic mass is 9.89. The van der Waals surface area contributed by atoms with Gasteiger partial charge in [0.25, 0.3) is 0 Å². The molecular weight excluding hydrogens is 775 g/mol. The number of hydrogen-bond acceptors (Lipinski definition) is 9. The molecule has 5 amide bonds. The minimum atomic E-state index is -1.16. The molecule has 1 aliphatic heterocycles. The minimum Gasteiger partial charge on any atom is -0.481 e. The Bertz CT molecular complexity index is 1590. The number of methoxy groups -OCH3 is 2. The summed E-state index contributed by atoms with van der Waals surface area (Å²) in [7, 11) is 6.10. The molecule has 0 aromatic heterocycles. The predicted molar refractivity (Wildman–Crippen MR) is 225 cm³/mol. The fourth-order valence-electron chi connectivity index (χ4n) is 8.28. The van der Waals surface area contributed by atoms with Crippen LogP contribution in [0.2, 0.25) is 0 Å². The van der Waals surface area contributed by atoms with E-state index in [9.17, 15) is 38.7 Å². The average Bonchev–Trinajstić information content (AvgIpc) is 3.68. The molecular formula is C44H71N5O11. The van der Waals surface area contributed by atoms with Crippen molar-refractivity contribution in [1.82, 2.24) is 25.3 Å². The van der Waals surface area contributed by atoms with Gasteiger partial charge in [0, 0.05) is 54.1 Å². The second-order valence-corrected chi connectivity index (χ2v) is 16.8. The Morgan fingerprint density at radius 1 is 0.850 bits per heavy atom. The molecule has 4 N–H and O–H groups in total. The number of hydrogen-bond donors (Lipinski definition) is 4. The predicted octanol–water partition coefficient (Wildman–Crippen LogP) is 3.60. The number of nitrogens with one attached hydrogen (secondary N) is 2. The zero-order chi connectivity index (χ0) is 45.4. The molecule has 1 saturated heterocycles. The standard InChI is InChI=1S/C44H71N5O11/c1-12-28(6)39(48(9)43(56)37(26(2)3)46-42(55)38(27(4)5)47(8)34(50)21-16-22-36(52)53)33(59-10)25-35(51)49-23-17-20-32(49)40(60-11)29(7)41(54)45-31(44(57)58)24-30-18-14-13-15-19-30/h13-15,18-19,26-29,31-33,37-40H,12,16-17,20-25H2,1-11H3,(H,45,54)(H,46,55)(H,52,53)(H,57,58)/t28-,29+,31-,32-,33+,37-,38-,39-,40+/m0/s1. The summed E-state index contributed by atoms with van der Waals surface area (Å²) in [5.74, 6) is -5.80. The van der Waals surface area contributed by atoms with Crippen LogP contribution in [0.25, 0.3) is 0 Å². The van der Waals surface area contributed by atoms with Crippen molar-refractivity contribution in [1.29, 1.82) is 0 Å². The molecule has 2 rings (SSSR count). The summed E-state index contributed by atoms with van der Waals surface area (Å²) >= 11 is 0. The summed E-state index contributed by atoms with van der Waals surface area (Å²) in [4.78, 5) is 96.7. The number of likely N-dealkylation sites (N-methyl/N-ethyl adjacent to an activating group) is 2. The fraction of sp³-hybridized carbons (Fsp3) is 0.705. The first-order valence-electron chi connectivity index (χ1n) is 21.2. The van der Waals surface area contributed by atoms with Crippen LogP contribution in [0.1, 0.15) is 99.0 Å². The van der Waals surface area contributed by atoms with E-state index in [1.807, 2.05) is 33.8 Å². The van der Waals surface area contributed by atoms with E-state index in [0.717, 1.165) is 5.56 Å². The zero-order valence-electron chi connectivity index (χ0n) is 37.5. The van der Waals surface area contributed by atoms with Crippen LogP contribution in [0.5, 0.6) is 0 Å². The number of aliphatic carboxylic acids is 2. The van der Waals surface area contributed by atoms with Crippen molar-refractivity contribution in [3.63, 3.8) is 0 Å². The molecule has 16 nitrogen and oxygen atoms in total. The van der Waals surface area contributed by atoms with E-state index in [1.165, 1.54) is 26.2 Å². The van der Waals surface area contributed by atoms with Gasteiger partial charge in [-0.15, -0.1) is 0 Å². The molecule has 1 heterocycles. The molecule has 1 aromatic rings. The summed E-state index contributed by atoms with van der Waals surface area (Å²) in [6.45, 7) is 13.2. The molecule has 0 aliphatic carbocycles. The molecule has 1 fully saturated rings. The number of carbonyl (C=O) groups is 7. The summed E-state index contributed by atoms with van der Waals surface area (Å²) in [6.07, 6.45) is 0.333. The van der Waals surface area contributed by atoms with Gasteiger partial charge in [0.2, 0.25) is 29.5 Å². The van der Waals surface area contributed by atoms with Crippen LogP contribution >= 0.6 is 0 Å². The largest absolute Gasteiger partial charge is 0.481 e. The van der Waals surface area contributed by atoms with Crippen molar-refractivity contribution in [2.45, 2.75) is 142 Å². The van der Waals surface area contributed by atoms with Crippen LogP contribution in [0.3, 0.4) is 0 Å². The van der Waals surface area contributed by atoms with Gasteiger partial charge in [-0.1, -0.05) is 85.2 Å². The number of carboxylic acid groups (broad SMARTS) is 2. The topological polar surface area (TPSA) is 212 Å². The number of nitrogens with zero attached hydrogens (tertiary/aromatic N) is 3. The van der Waals surface area contributed by atoms with Gasteiger partial charge in [0.15, 0.2) is 0 Å². The first-order valence-corrected chi connectivity index (χ1v) is 21.2. The number of rotatable bonds is 25. The van der Waals surface area contributed by atoms with Gasteiger partial charge in [-0.05, 0) is 42.6 Å². The number of benzene rings is 1. The molecule has 338 valence electrons. The fourth-order valence-corrected chi connectivity index (χ4v) is 8.28. The lowest BCUT2D eigenvalue weighted by molar-refractivity contribution is -0.149. The molecule has 1 aliphatic rings. The molecule has 16 heteroatoms. The molecule has 9 atom stereocenters. The molecule has 0 saturated carbocycles. The van der Waals surface area contributed by atoms with Crippen LogP contribution < -0.4 is 10.6 Å². The first-order chi connectivity index (χ1) is 28.2. The first kappa shape index (κ1) is 51.6. The SMILES string of the molecule is CC[C@H](C)[C@@H]([C@@H](CC(=O)N1CCC[C@H]1[C@H](OC)[C@@H](C)C(=O)N[C@@H](Cc1ccccc1)C(=O)O)OC)N(C)C(=O)[C@@H](NC(=O)[C@H](C(C)C)N(C)C(=O)CCCC(=O)O)C(C)C. The second kappa shape index (κ2) is 24.6. The Hall–Kier alpha value is -4.57. The molecule has 0 unspecified atom stereocenters. The maximum Gasteiger partial charge on any atom is 0.326 e. The molecule has 0 bridgehead atoms. The lowest BCUT2D eigenvalue weighted by Gasteiger charge is -2.41. The average molecular weight is 846 g/mol. The highest BCUT2D eigenvalue weighted by Crippen LogP contribution is 2.30. The minimum absolute atomic E-state index is 0.0383. The summed E-state index contributed by atoms with van der Waals surface area (Å²) in [6, 6.07) is 4.90. The van der Waals surface area contributed by atoms with Crippen molar-refractivity contribution in [3.05, 3.63) is 35.9 Å². The number of ether oxygens (including phenoxy) is 2. The Balaban J connectivity index is 2.28. The quantitative estimate of drug-likeness (QED) is 0.112. The number of carbonyl (C=O) groups excluding carboxylic acids is 5. The lowest BCUT2D eigenvalue weighted by Crippen LogP contribution is -2.60. The number of carboxylic acids is 2. The second-order valence-electron chi connectivity index (χ2n) is 16.8. The summed E-state index contributed by atoms with van der Waals surface area (Å²) < 4.78 is 11.9. The van der Waals surface area contributed by atoms with Gasteiger partial charge in [-0.3, -0.25) is 28.8 Å². The van der Waals surface area contributed by atoms with Gasteiger partial charge in [0.1, 0.15) is 18.1 Å². The van der Waals surface area contributed by atoms with Gasteiger partial charge in [0.05, 0.1) is 36.6 Å². The number of likely N-dealkylation sites (tertiary alicyclic amines) is 1. The highest BCUT2D eigenvalue weighted by Gasteiger charge is 2.43. The number of amides is 5.